The van der Waals surface area contributed by atoms with Crippen LogP contribution in [0.5, 0.6) is 0 Å². The maximum absolute atomic E-state index is 13.5. The molecular weight excluding hydrogens is 1240 g/mol. The van der Waals surface area contributed by atoms with Crippen LogP contribution in [0.15, 0.2) is 24.3 Å². The van der Waals surface area contributed by atoms with E-state index in [-0.39, 0.29) is 18.9 Å². The molecule has 3 fully saturated rings. The molecule has 17 unspecified atom stereocenters. The van der Waals surface area contributed by atoms with Gasteiger partial charge in [0.25, 0.3) is 0 Å². The van der Waals surface area contributed by atoms with Crippen LogP contribution in [0.1, 0.15) is 335 Å². The summed E-state index contributed by atoms with van der Waals surface area (Å²) in [5.74, 6) is -0.238. The summed E-state index contributed by atoms with van der Waals surface area (Å²) in [6, 6.07) is -0.888. The molecule has 97 heavy (non-hydrogen) atoms. The van der Waals surface area contributed by atoms with E-state index in [1.165, 1.54) is 250 Å². The summed E-state index contributed by atoms with van der Waals surface area (Å²) in [6.07, 6.45) is 44.0. The second-order valence-electron chi connectivity index (χ2n) is 28.9. The summed E-state index contributed by atoms with van der Waals surface area (Å²) in [5, 5.41) is 121. The quantitative estimate of drug-likeness (QED) is 0.0199. The molecule has 19 heteroatoms. The number of rotatable bonds is 64. The van der Waals surface area contributed by atoms with Crippen molar-refractivity contribution < 1.29 is 89.4 Å². The molecule has 0 bridgehead atoms. The normalized spacial score (nSPS) is 27.0. The maximum Gasteiger partial charge on any atom is 0.220 e. The molecule has 0 aromatic rings. The Bertz CT molecular complexity index is 1850. The number of ether oxygens (including phenoxy) is 6. The Balaban J connectivity index is 1.38. The Morgan fingerprint density at radius 2 is 0.680 bits per heavy atom. The van der Waals surface area contributed by atoms with Crippen LogP contribution < -0.4 is 5.32 Å². The lowest BCUT2D eigenvalue weighted by Gasteiger charge is -2.48. The number of aliphatic hydroxyl groups excluding tert-OH is 11. The van der Waals surface area contributed by atoms with Gasteiger partial charge in [-0.1, -0.05) is 308 Å². The molecule has 1 amide bonds. The zero-order chi connectivity index (χ0) is 70.4. The molecule has 19 nitrogen and oxygen atoms in total. The van der Waals surface area contributed by atoms with Crippen LogP contribution in [0.2, 0.25) is 0 Å². The van der Waals surface area contributed by atoms with Crippen LogP contribution in [-0.4, -0.2) is 193 Å². The van der Waals surface area contributed by atoms with Crippen molar-refractivity contribution in [2.45, 2.75) is 439 Å². The molecule has 0 aromatic carbocycles. The average molecular weight is 1390 g/mol. The van der Waals surface area contributed by atoms with Crippen LogP contribution in [0, 0.1) is 0 Å². The zero-order valence-corrected chi connectivity index (χ0v) is 61.1. The molecule has 12 N–H and O–H groups in total. The summed E-state index contributed by atoms with van der Waals surface area (Å²) >= 11 is 0. The Morgan fingerprint density at radius 1 is 0.371 bits per heavy atom. The van der Waals surface area contributed by atoms with E-state index in [2.05, 4.69) is 43.5 Å². The topological polar surface area (TPSA) is 307 Å². The van der Waals surface area contributed by atoms with E-state index in [1.807, 2.05) is 0 Å². The minimum absolute atomic E-state index is 0.238. The average Bonchev–Trinajstić information content (AvgIpc) is 0.797. The number of allylic oxidation sites excluding steroid dienone is 4. The van der Waals surface area contributed by atoms with Crippen molar-refractivity contribution in [2.75, 3.05) is 26.4 Å². The van der Waals surface area contributed by atoms with Crippen LogP contribution in [0.4, 0.5) is 0 Å². The Morgan fingerprint density at radius 3 is 1.05 bits per heavy atom. The van der Waals surface area contributed by atoms with Gasteiger partial charge < -0.3 is 89.9 Å². The molecule has 3 aliphatic heterocycles. The third kappa shape index (κ3) is 40.2. The fourth-order valence-corrected chi connectivity index (χ4v) is 13.8. The fourth-order valence-electron chi connectivity index (χ4n) is 13.8. The van der Waals surface area contributed by atoms with Gasteiger partial charge in [0.1, 0.15) is 73.2 Å². The number of unbranched alkanes of at least 4 members (excludes halogenated alkanes) is 44. The van der Waals surface area contributed by atoms with Crippen molar-refractivity contribution >= 4 is 5.91 Å². The van der Waals surface area contributed by atoms with Crippen molar-refractivity contribution in [2.24, 2.45) is 0 Å². The van der Waals surface area contributed by atoms with Crippen molar-refractivity contribution in [1.82, 2.24) is 5.32 Å². The van der Waals surface area contributed by atoms with E-state index in [0.717, 1.165) is 51.4 Å². The van der Waals surface area contributed by atoms with Gasteiger partial charge in [-0.25, -0.2) is 0 Å². The molecule has 0 radical (unpaired) electrons. The molecule has 0 saturated carbocycles. The van der Waals surface area contributed by atoms with Crippen molar-refractivity contribution in [1.29, 1.82) is 0 Å². The molecule has 3 aliphatic rings. The maximum atomic E-state index is 13.5. The smallest absolute Gasteiger partial charge is 0.220 e. The molecule has 3 saturated heterocycles. The summed E-state index contributed by atoms with van der Waals surface area (Å²) in [7, 11) is 0. The first-order valence-electron chi connectivity index (χ1n) is 40.1. The first-order chi connectivity index (χ1) is 47.3. The number of hydrogen-bond donors (Lipinski definition) is 12. The summed E-state index contributed by atoms with van der Waals surface area (Å²) in [6.45, 7) is 1.84. The highest BCUT2D eigenvalue weighted by Crippen LogP contribution is 2.33. The Labute approximate surface area is 588 Å². The number of carbonyl (C=O) groups is 1. The molecule has 572 valence electrons. The molecule has 0 spiro atoms. The lowest BCUT2D eigenvalue weighted by atomic mass is 9.96. The third-order valence-corrected chi connectivity index (χ3v) is 20.3. The van der Waals surface area contributed by atoms with Gasteiger partial charge >= 0.3 is 0 Å². The number of nitrogens with one attached hydrogen (secondary N) is 1. The van der Waals surface area contributed by atoms with Crippen molar-refractivity contribution in [3.8, 4) is 0 Å². The van der Waals surface area contributed by atoms with Gasteiger partial charge in [-0.15, -0.1) is 0 Å². The molecule has 3 heterocycles. The van der Waals surface area contributed by atoms with E-state index in [4.69, 9.17) is 28.4 Å². The van der Waals surface area contributed by atoms with Crippen LogP contribution in [-0.2, 0) is 33.2 Å². The van der Waals surface area contributed by atoms with Crippen molar-refractivity contribution in [3.63, 3.8) is 0 Å². The standard InChI is InChI=1S/C78H147NO18/c1-3-5-7-9-11-13-15-17-19-21-23-25-27-29-30-32-33-35-37-39-41-43-45-47-49-51-53-55-62(83)61(79-66(84)56-54-52-50-48-46-44-42-40-38-36-34-31-28-26-24-22-20-18-16-14-12-10-8-6-4-2)60-92-76-72(90)69(87)74(64(58-81)94-76)97-78-73(91)70(88)75(65(59-82)95-78)96-77-71(89)68(86)67(85)63(57-80)93-77/h16,18,22,24,61-65,67-78,80-83,85-91H,3-15,17,19-21,23,25-60H2,1-2H3,(H,79,84)/b18-16-,24-22-. The van der Waals surface area contributed by atoms with E-state index in [0.29, 0.717) is 12.8 Å². The molecule has 3 rings (SSSR count). The van der Waals surface area contributed by atoms with E-state index in [1.54, 1.807) is 0 Å². The Kier molecular flexibility index (Phi) is 55.0. The first-order valence-corrected chi connectivity index (χ1v) is 40.1. The molecule has 0 aromatic heterocycles. The zero-order valence-electron chi connectivity index (χ0n) is 61.1. The second-order valence-corrected chi connectivity index (χ2v) is 28.9. The van der Waals surface area contributed by atoms with Crippen LogP contribution in [0.3, 0.4) is 0 Å². The SMILES string of the molecule is CCCCCCC/C=C\C/C=C\CCCCCCCCCCCCCCCC(=O)NC(COC1OC(CO)C(OC2OC(CO)C(OC3OC(CO)C(O)C(O)C3O)C(O)C2O)C(O)C1O)C(O)CCCCCCCCCCCCCCCCCCCCCCCCCCCCC. The highest BCUT2D eigenvalue weighted by molar-refractivity contribution is 5.76. The van der Waals surface area contributed by atoms with Crippen LogP contribution in [0.25, 0.3) is 0 Å². The fraction of sp³-hybridized carbons (Fsp3) is 0.936. The monoisotopic (exact) mass is 1390 g/mol. The first kappa shape index (κ1) is 89.5. The highest BCUT2D eigenvalue weighted by atomic mass is 16.8. The minimum Gasteiger partial charge on any atom is -0.394 e. The number of aliphatic hydroxyl groups is 11. The largest absolute Gasteiger partial charge is 0.394 e. The van der Waals surface area contributed by atoms with Gasteiger partial charge in [0, 0.05) is 6.42 Å². The lowest BCUT2D eigenvalue weighted by Crippen LogP contribution is -2.66. The van der Waals surface area contributed by atoms with Gasteiger partial charge in [-0.3, -0.25) is 4.79 Å². The predicted molar refractivity (Wildman–Crippen MR) is 383 cm³/mol. The van der Waals surface area contributed by atoms with Gasteiger partial charge in [0.05, 0.1) is 38.6 Å². The molecule has 17 atom stereocenters. The number of carbonyl (C=O) groups excluding carboxylic acids is 1. The van der Waals surface area contributed by atoms with E-state index >= 15 is 0 Å². The summed E-state index contributed by atoms with van der Waals surface area (Å²) < 4.78 is 34.5. The predicted octanol–water partition coefficient (Wildman–Crippen LogP) is 13.0. The summed E-state index contributed by atoms with van der Waals surface area (Å²) in [4.78, 5) is 13.5. The number of hydrogen-bond acceptors (Lipinski definition) is 18. The second kappa shape index (κ2) is 59.6. The lowest BCUT2D eigenvalue weighted by molar-refractivity contribution is -0.379. The highest BCUT2D eigenvalue weighted by Gasteiger charge is 2.54. The molecule has 0 aliphatic carbocycles. The van der Waals surface area contributed by atoms with E-state index in [9.17, 15) is 61.0 Å². The van der Waals surface area contributed by atoms with Gasteiger partial charge in [0.15, 0.2) is 18.9 Å². The minimum atomic E-state index is -1.97. The van der Waals surface area contributed by atoms with Gasteiger partial charge in [0.2, 0.25) is 5.91 Å². The van der Waals surface area contributed by atoms with Gasteiger partial charge in [-0.2, -0.15) is 0 Å². The van der Waals surface area contributed by atoms with Gasteiger partial charge in [-0.05, 0) is 44.9 Å². The number of amides is 1. The molecular formula is C78H147NO18. The van der Waals surface area contributed by atoms with E-state index < -0.39 is 124 Å². The third-order valence-electron chi connectivity index (χ3n) is 20.3. The summed E-state index contributed by atoms with van der Waals surface area (Å²) in [5.41, 5.74) is 0. The Hall–Kier alpha value is -1.73. The van der Waals surface area contributed by atoms with Crippen molar-refractivity contribution in [3.05, 3.63) is 24.3 Å². The van der Waals surface area contributed by atoms with Crippen LogP contribution >= 0.6 is 0 Å².